The number of rotatable bonds is 10. The third-order valence-electron chi connectivity index (χ3n) is 3.08. The second-order valence-electron chi connectivity index (χ2n) is 4.53. The first-order chi connectivity index (χ1) is 9.30. The van der Waals surface area contributed by atoms with E-state index in [-0.39, 0.29) is 15.8 Å². The van der Waals surface area contributed by atoms with Crippen LogP contribution in [0.15, 0.2) is 30.8 Å². The lowest BCUT2D eigenvalue weighted by Crippen LogP contribution is -2.19. The van der Waals surface area contributed by atoms with Gasteiger partial charge in [0.2, 0.25) is 0 Å². The number of hydrogen-bond acceptors (Lipinski definition) is 2. The van der Waals surface area contributed by atoms with Crippen molar-refractivity contribution in [1.29, 1.82) is 0 Å². The Morgan fingerprint density at radius 3 is 2.32 bits per heavy atom. The molecule has 1 aromatic carbocycles. The molecule has 0 unspecified atom stereocenters. The number of aryl methyl sites for hydroxylation is 1. The fraction of sp³-hybridized carbons (Fsp3) is 0.500. The van der Waals surface area contributed by atoms with E-state index in [4.69, 9.17) is 9.47 Å². The summed E-state index contributed by atoms with van der Waals surface area (Å²) < 4.78 is 11.1. The molecule has 19 heavy (non-hydrogen) atoms. The Morgan fingerprint density at radius 2 is 1.79 bits per heavy atom. The van der Waals surface area contributed by atoms with Crippen molar-refractivity contribution in [2.24, 2.45) is 0 Å². The predicted molar refractivity (Wildman–Crippen MR) is 85.4 cm³/mol. The normalized spacial score (nSPS) is 11.5. The highest BCUT2D eigenvalue weighted by Gasteiger charge is 2.07. The third-order valence-corrected chi connectivity index (χ3v) is 4.81. The molecule has 3 heteroatoms. The minimum atomic E-state index is -0.106. The maximum Gasteiger partial charge on any atom is 0.154 e. The lowest BCUT2D eigenvalue weighted by Gasteiger charge is -2.16. The zero-order valence-corrected chi connectivity index (χ0v) is 13.6. The monoisotopic (exact) mass is 278 g/mol. The van der Waals surface area contributed by atoms with Crippen LogP contribution in [0.2, 0.25) is 12.1 Å². The van der Waals surface area contributed by atoms with Gasteiger partial charge in [-0.25, -0.2) is 0 Å². The molecule has 0 spiro atoms. The molecular formula is C16H26O2Si. The first-order valence-electron chi connectivity index (χ1n) is 7.24. The molecule has 0 atom stereocenters. The number of hydrogen-bond donors (Lipinski definition) is 0. The summed E-state index contributed by atoms with van der Waals surface area (Å²) in [5.41, 5.74) is 2.61. The zero-order chi connectivity index (χ0) is 13.9. The van der Waals surface area contributed by atoms with Crippen LogP contribution in [0, 0.1) is 0 Å². The topological polar surface area (TPSA) is 18.5 Å². The highest BCUT2D eigenvalue weighted by atomic mass is 28.2. The van der Waals surface area contributed by atoms with Crippen molar-refractivity contribution in [3.63, 3.8) is 0 Å². The van der Waals surface area contributed by atoms with Crippen LogP contribution in [-0.4, -0.2) is 29.0 Å². The van der Waals surface area contributed by atoms with Gasteiger partial charge < -0.3 is 9.47 Å². The van der Waals surface area contributed by atoms with Crippen molar-refractivity contribution in [3.05, 3.63) is 42.0 Å². The van der Waals surface area contributed by atoms with Gasteiger partial charge in [-0.05, 0) is 37.4 Å². The van der Waals surface area contributed by atoms with Crippen LogP contribution < -0.4 is 0 Å². The fourth-order valence-corrected chi connectivity index (χ4v) is 3.66. The van der Waals surface area contributed by atoms with Crippen LogP contribution in [0.5, 0.6) is 0 Å². The lowest BCUT2D eigenvalue weighted by atomic mass is 10.1. The Hall–Kier alpha value is -0.903. The van der Waals surface area contributed by atoms with Crippen molar-refractivity contribution in [2.75, 3.05) is 13.2 Å². The van der Waals surface area contributed by atoms with Gasteiger partial charge in [0.25, 0.3) is 0 Å². The summed E-state index contributed by atoms with van der Waals surface area (Å²) in [5, 5.41) is 0. The SMILES string of the molecule is C=Cc1ccc(CC[SiH2]CC(OCC)OCC)cc1. The van der Waals surface area contributed by atoms with Gasteiger partial charge >= 0.3 is 0 Å². The first-order valence-corrected chi connectivity index (χ1v) is 9.24. The molecule has 2 nitrogen and oxygen atoms in total. The van der Waals surface area contributed by atoms with E-state index in [1.807, 2.05) is 19.9 Å². The highest BCUT2D eigenvalue weighted by molar-refractivity contribution is 6.35. The lowest BCUT2D eigenvalue weighted by molar-refractivity contribution is -0.123. The van der Waals surface area contributed by atoms with Crippen molar-refractivity contribution >= 4 is 15.6 Å². The molecule has 0 aliphatic carbocycles. The zero-order valence-electron chi connectivity index (χ0n) is 12.2. The molecular weight excluding hydrogens is 252 g/mol. The van der Waals surface area contributed by atoms with E-state index in [1.165, 1.54) is 23.6 Å². The van der Waals surface area contributed by atoms with Gasteiger partial charge in [-0.1, -0.05) is 43.0 Å². The summed E-state index contributed by atoms with van der Waals surface area (Å²) in [4.78, 5) is 0. The van der Waals surface area contributed by atoms with Gasteiger partial charge in [0, 0.05) is 22.7 Å². The molecule has 0 fully saturated rings. The Balaban J connectivity index is 2.23. The van der Waals surface area contributed by atoms with E-state index in [2.05, 4.69) is 30.8 Å². The predicted octanol–water partition coefficient (Wildman–Crippen LogP) is 3.28. The summed E-state index contributed by atoms with van der Waals surface area (Å²) in [6.07, 6.45) is 3.09. The average molecular weight is 278 g/mol. The molecule has 0 heterocycles. The highest BCUT2D eigenvalue weighted by Crippen LogP contribution is 2.09. The van der Waals surface area contributed by atoms with Crippen LogP contribution in [0.25, 0.3) is 6.08 Å². The van der Waals surface area contributed by atoms with Gasteiger partial charge in [0.05, 0.1) is 0 Å². The van der Waals surface area contributed by atoms with E-state index >= 15 is 0 Å². The van der Waals surface area contributed by atoms with Crippen molar-refractivity contribution in [2.45, 2.75) is 38.6 Å². The molecule has 0 aliphatic heterocycles. The van der Waals surface area contributed by atoms with Gasteiger partial charge in [-0.15, -0.1) is 0 Å². The summed E-state index contributed by atoms with van der Waals surface area (Å²) in [6, 6.07) is 11.1. The Labute approximate surface area is 119 Å². The van der Waals surface area contributed by atoms with E-state index in [0.717, 1.165) is 19.3 Å². The third kappa shape index (κ3) is 6.71. The summed E-state index contributed by atoms with van der Waals surface area (Å²) in [7, 11) is -0.106. The van der Waals surface area contributed by atoms with Crippen molar-refractivity contribution in [3.8, 4) is 0 Å². The molecule has 0 bridgehead atoms. The molecule has 0 aliphatic rings. The maximum absolute atomic E-state index is 5.57. The first kappa shape index (κ1) is 16.2. The quantitative estimate of drug-likeness (QED) is 0.371. The van der Waals surface area contributed by atoms with Crippen molar-refractivity contribution in [1.82, 2.24) is 0 Å². The summed E-state index contributed by atoms with van der Waals surface area (Å²) in [6.45, 7) is 9.29. The molecule has 1 aromatic rings. The molecule has 1 rings (SSSR count). The molecule has 106 valence electrons. The van der Waals surface area contributed by atoms with E-state index in [0.29, 0.717) is 0 Å². The number of benzene rings is 1. The summed E-state index contributed by atoms with van der Waals surface area (Å²) in [5.74, 6) is 0. The van der Waals surface area contributed by atoms with Gasteiger partial charge in [0.15, 0.2) is 6.29 Å². The van der Waals surface area contributed by atoms with Crippen LogP contribution in [0.4, 0.5) is 0 Å². The van der Waals surface area contributed by atoms with Gasteiger partial charge in [-0.2, -0.15) is 0 Å². The average Bonchev–Trinajstić information content (AvgIpc) is 2.44. The molecule has 0 N–H and O–H groups in total. The second-order valence-corrected chi connectivity index (χ2v) is 6.52. The largest absolute Gasteiger partial charge is 0.353 e. The minimum Gasteiger partial charge on any atom is -0.353 e. The smallest absolute Gasteiger partial charge is 0.154 e. The van der Waals surface area contributed by atoms with E-state index in [9.17, 15) is 0 Å². The van der Waals surface area contributed by atoms with Crippen LogP contribution in [-0.2, 0) is 15.9 Å². The fourth-order valence-electron chi connectivity index (χ4n) is 2.05. The molecule has 0 aromatic heterocycles. The Bertz CT molecular complexity index is 342. The Kier molecular flexibility index (Phi) is 8.46. The Morgan fingerprint density at radius 1 is 1.16 bits per heavy atom. The van der Waals surface area contributed by atoms with Crippen LogP contribution >= 0.6 is 0 Å². The van der Waals surface area contributed by atoms with E-state index in [1.54, 1.807) is 0 Å². The maximum atomic E-state index is 5.57. The van der Waals surface area contributed by atoms with Crippen molar-refractivity contribution < 1.29 is 9.47 Å². The van der Waals surface area contributed by atoms with Crippen LogP contribution in [0.1, 0.15) is 25.0 Å². The molecule has 0 amide bonds. The molecule has 0 saturated carbocycles. The van der Waals surface area contributed by atoms with Gasteiger partial charge in [-0.3, -0.25) is 0 Å². The molecule has 0 radical (unpaired) electrons. The minimum absolute atomic E-state index is 0.0322. The standard InChI is InChI=1S/C16H26O2Si/c1-4-14-7-9-15(10-8-14)11-12-19-13-16(17-5-2)18-6-3/h4,7-10,16H,1,5-6,11-13,19H2,2-3H3. The van der Waals surface area contributed by atoms with Gasteiger partial charge in [0.1, 0.15) is 0 Å². The number of ether oxygens (including phenoxy) is 2. The van der Waals surface area contributed by atoms with Crippen LogP contribution in [0.3, 0.4) is 0 Å². The summed E-state index contributed by atoms with van der Waals surface area (Å²) >= 11 is 0. The van der Waals surface area contributed by atoms with E-state index < -0.39 is 0 Å². The second kappa shape index (κ2) is 9.95. The molecule has 0 saturated heterocycles.